The highest BCUT2D eigenvalue weighted by atomic mass is 79.9. The molecule has 0 radical (unpaired) electrons. The van der Waals surface area contributed by atoms with E-state index in [-0.39, 0.29) is 30.7 Å². The standard InChI is InChI=1S/C16H19BrN4O.2ClH/c1-16(18,11-4-6-12(17)7-5-11)15(22)20-14-9-8-13(10-19-14)21(2)3;;/h4-10H,18H2,1-3H3,(H,19,20,22);2*1H. The van der Waals surface area contributed by atoms with Crippen molar-refractivity contribution in [3.8, 4) is 0 Å². The van der Waals surface area contributed by atoms with Crippen LogP contribution in [-0.4, -0.2) is 25.0 Å². The van der Waals surface area contributed by atoms with E-state index in [0.29, 0.717) is 5.82 Å². The second-order valence-electron chi connectivity index (χ2n) is 5.46. The maximum Gasteiger partial charge on any atom is 0.249 e. The van der Waals surface area contributed by atoms with Gasteiger partial charge in [0, 0.05) is 18.6 Å². The monoisotopic (exact) mass is 434 g/mol. The van der Waals surface area contributed by atoms with Crippen LogP contribution in [0, 0.1) is 0 Å². The van der Waals surface area contributed by atoms with Gasteiger partial charge in [0.25, 0.3) is 0 Å². The Labute approximate surface area is 163 Å². The lowest BCUT2D eigenvalue weighted by Gasteiger charge is -2.24. The molecule has 0 aliphatic heterocycles. The van der Waals surface area contributed by atoms with Crippen molar-refractivity contribution in [2.75, 3.05) is 24.3 Å². The van der Waals surface area contributed by atoms with E-state index in [1.165, 1.54) is 0 Å². The van der Waals surface area contributed by atoms with Crippen LogP contribution in [0.5, 0.6) is 0 Å². The van der Waals surface area contributed by atoms with Crippen LogP contribution in [0.2, 0.25) is 0 Å². The SMILES string of the molecule is CN(C)c1ccc(NC(=O)C(C)(N)c2ccc(Br)cc2)nc1.Cl.Cl. The fourth-order valence-corrected chi connectivity index (χ4v) is 2.16. The smallest absolute Gasteiger partial charge is 0.249 e. The maximum absolute atomic E-state index is 12.4. The molecule has 8 heteroatoms. The molecule has 1 unspecified atom stereocenters. The fraction of sp³-hybridized carbons (Fsp3) is 0.250. The number of hydrogen-bond donors (Lipinski definition) is 2. The lowest BCUT2D eigenvalue weighted by atomic mass is 9.92. The minimum atomic E-state index is -1.14. The van der Waals surface area contributed by atoms with Gasteiger partial charge in [-0.05, 0) is 36.8 Å². The highest BCUT2D eigenvalue weighted by molar-refractivity contribution is 9.10. The Balaban J connectivity index is 0.00000264. The van der Waals surface area contributed by atoms with Gasteiger partial charge >= 0.3 is 0 Å². The van der Waals surface area contributed by atoms with Gasteiger partial charge in [-0.3, -0.25) is 4.79 Å². The first kappa shape index (κ1) is 22.7. The summed E-state index contributed by atoms with van der Waals surface area (Å²) in [5.74, 6) is 0.171. The lowest BCUT2D eigenvalue weighted by Crippen LogP contribution is -2.45. The Kier molecular flexibility index (Phi) is 8.71. The summed E-state index contributed by atoms with van der Waals surface area (Å²) >= 11 is 3.37. The van der Waals surface area contributed by atoms with E-state index < -0.39 is 5.54 Å². The van der Waals surface area contributed by atoms with Gasteiger partial charge in [0.1, 0.15) is 11.4 Å². The number of rotatable bonds is 4. The molecule has 1 heterocycles. The van der Waals surface area contributed by atoms with Crippen LogP contribution in [-0.2, 0) is 10.3 Å². The zero-order chi connectivity index (χ0) is 16.3. The van der Waals surface area contributed by atoms with Crippen LogP contribution in [0.3, 0.4) is 0 Å². The molecule has 0 aliphatic rings. The molecule has 1 atom stereocenters. The van der Waals surface area contributed by atoms with Crippen LogP contribution in [0.15, 0.2) is 47.1 Å². The third-order valence-electron chi connectivity index (χ3n) is 3.42. The molecular weight excluding hydrogens is 415 g/mol. The number of pyridine rings is 1. The average molecular weight is 436 g/mol. The predicted octanol–water partition coefficient (Wildman–Crippen LogP) is 3.57. The molecule has 1 amide bonds. The summed E-state index contributed by atoms with van der Waals surface area (Å²) in [4.78, 5) is 18.6. The molecule has 1 aromatic heterocycles. The van der Waals surface area contributed by atoms with Crippen molar-refractivity contribution < 1.29 is 4.79 Å². The van der Waals surface area contributed by atoms with Crippen molar-refractivity contribution in [2.45, 2.75) is 12.5 Å². The number of carbonyl (C=O) groups is 1. The van der Waals surface area contributed by atoms with E-state index in [4.69, 9.17) is 5.73 Å². The molecular formula is C16H21BrCl2N4O. The van der Waals surface area contributed by atoms with E-state index in [0.717, 1.165) is 15.7 Å². The third kappa shape index (κ3) is 5.34. The quantitative estimate of drug-likeness (QED) is 0.769. The minimum Gasteiger partial charge on any atom is -0.376 e. The Morgan fingerprint density at radius 2 is 1.75 bits per heavy atom. The number of carbonyl (C=O) groups excluding carboxylic acids is 1. The van der Waals surface area contributed by atoms with Gasteiger partial charge in [0.2, 0.25) is 5.91 Å². The molecule has 0 fully saturated rings. The predicted molar refractivity (Wildman–Crippen MR) is 107 cm³/mol. The summed E-state index contributed by atoms with van der Waals surface area (Å²) < 4.78 is 0.938. The van der Waals surface area contributed by atoms with Gasteiger partial charge < -0.3 is 16.0 Å². The van der Waals surface area contributed by atoms with E-state index in [1.54, 1.807) is 19.2 Å². The summed E-state index contributed by atoms with van der Waals surface area (Å²) in [5, 5.41) is 2.76. The number of anilines is 2. The number of nitrogens with two attached hydrogens (primary N) is 1. The highest BCUT2D eigenvalue weighted by Gasteiger charge is 2.30. The van der Waals surface area contributed by atoms with Crippen molar-refractivity contribution in [3.05, 3.63) is 52.6 Å². The lowest BCUT2D eigenvalue weighted by molar-refractivity contribution is -0.120. The molecule has 0 saturated heterocycles. The molecule has 132 valence electrons. The van der Waals surface area contributed by atoms with Crippen LogP contribution in [0.4, 0.5) is 11.5 Å². The second-order valence-corrected chi connectivity index (χ2v) is 6.38. The molecule has 0 bridgehead atoms. The Bertz CT molecular complexity index is 661. The Morgan fingerprint density at radius 3 is 2.21 bits per heavy atom. The van der Waals surface area contributed by atoms with Crippen molar-refractivity contribution in [3.63, 3.8) is 0 Å². The van der Waals surface area contributed by atoms with Gasteiger partial charge in [0.05, 0.1) is 11.9 Å². The number of hydrogen-bond acceptors (Lipinski definition) is 4. The van der Waals surface area contributed by atoms with Crippen molar-refractivity contribution >= 4 is 58.2 Å². The fourth-order valence-electron chi connectivity index (χ4n) is 1.90. The molecule has 5 nitrogen and oxygen atoms in total. The van der Waals surface area contributed by atoms with E-state index in [2.05, 4.69) is 26.2 Å². The highest BCUT2D eigenvalue weighted by Crippen LogP contribution is 2.22. The van der Waals surface area contributed by atoms with Gasteiger partial charge in [-0.1, -0.05) is 28.1 Å². The zero-order valence-corrected chi connectivity index (χ0v) is 16.8. The zero-order valence-electron chi connectivity index (χ0n) is 13.6. The van der Waals surface area contributed by atoms with Crippen molar-refractivity contribution in [1.29, 1.82) is 0 Å². The topological polar surface area (TPSA) is 71.2 Å². The van der Waals surface area contributed by atoms with Crippen LogP contribution < -0.4 is 16.0 Å². The van der Waals surface area contributed by atoms with E-state index >= 15 is 0 Å². The number of benzene rings is 1. The average Bonchev–Trinajstić information content (AvgIpc) is 2.48. The summed E-state index contributed by atoms with van der Waals surface area (Å²) in [6.07, 6.45) is 1.70. The largest absolute Gasteiger partial charge is 0.376 e. The van der Waals surface area contributed by atoms with Crippen molar-refractivity contribution in [2.24, 2.45) is 5.73 Å². The molecule has 24 heavy (non-hydrogen) atoms. The van der Waals surface area contributed by atoms with Gasteiger partial charge in [0.15, 0.2) is 0 Å². The number of nitrogens with zero attached hydrogens (tertiary/aromatic N) is 2. The van der Waals surface area contributed by atoms with Crippen molar-refractivity contribution in [1.82, 2.24) is 4.98 Å². The third-order valence-corrected chi connectivity index (χ3v) is 3.95. The van der Waals surface area contributed by atoms with E-state index in [1.807, 2.05) is 49.3 Å². The summed E-state index contributed by atoms with van der Waals surface area (Å²) in [6.45, 7) is 1.68. The number of amides is 1. The molecule has 2 aromatic rings. The van der Waals surface area contributed by atoms with Gasteiger partial charge in [-0.25, -0.2) is 4.98 Å². The first-order valence-electron chi connectivity index (χ1n) is 6.80. The van der Waals surface area contributed by atoms with E-state index in [9.17, 15) is 4.79 Å². The summed E-state index contributed by atoms with van der Waals surface area (Å²) in [6, 6.07) is 11.0. The normalized spacial score (nSPS) is 12.2. The Hall–Kier alpha value is -1.34. The van der Waals surface area contributed by atoms with Gasteiger partial charge in [-0.15, -0.1) is 24.8 Å². The second kappa shape index (κ2) is 9.22. The van der Waals surface area contributed by atoms with Gasteiger partial charge in [-0.2, -0.15) is 0 Å². The molecule has 0 spiro atoms. The number of aromatic nitrogens is 1. The molecule has 0 aliphatic carbocycles. The molecule has 3 N–H and O–H groups in total. The number of halogens is 3. The van der Waals surface area contributed by atoms with Crippen LogP contribution >= 0.6 is 40.7 Å². The Morgan fingerprint density at radius 1 is 1.17 bits per heavy atom. The summed E-state index contributed by atoms with van der Waals surface area (Å²) in [5.41, 5.74) is 6.75. The molecule has 1 aromatic carbocycles. The first-order valence-corrected chi connectivity index (χ1v) is 7.60. The van der Waals surface area contributed by atoms with Crippen LogP contribution in [0.25, 0.3) is 0 Å². The number of nitrogens with one attached hydrogen (secondary N) is 1. The van der Waals surface area contributed by atoms with Crippen LogP contribution in [0.1, 0.15) is 12.5 Å². The minimum absolute atomic E-state index is 0. The first-order chi connectivity index (χ1) is 10.3. The molecule has 2 rings (SSSR count). The summed E-state index contributed by atoms with van der Waals surface area (Å²) in [7, 11) is 3.86. The maximum atomic E-state index is 12.4. The molecule has 0 saturated carbocycles.